The van der Waals surface area contributed by atoms with E-state index in [1.54, 1.807) is 37.6 Å². The van der Waals surface area contributed by atoms with Gasteiger partial charge >= 0.3 is 0 Å². The van der Waals surface area contributed by atoms with Crippen LogP contribution in [0.25, 0.3) is 6.08 Å². The summed E-state index contributed by atoms with van der Waals surface area (Å²) in [6.07, 6.45) is 4.36. The lowest BCUT2D eigenvalue weighted by Crippen LogP contribution is -2.14. The molecular formula is C19H18N2O4. The maximum atomic E-state index is 12.1. The molecule has 0 aliphatic rings. The molecule has 6 heteroatoms. The quantitative estimate of drug-likeness (QED) is 0.267. The van der Waals surface area contributed by atoms with Crippen LogP contribution in [0.3, 0.4) is 0 Å². The highest BCUT2D eigenvalue weighted by atomic mass is 16.5. The summed E-state index contributed by atoms with van der Waals surface area (Å²) in [5.74, 6) is 0.0419. The average Bonchev–Trinajstić information content (AvgIpc) is 2.66. The Balaban J connectivity index is 1.92. The number of ether oxygens (including phenoxy) is 1. The maximum Gasteiger partial charge on any atom is 0.267 e. The van der Waals surface area contributed by atoms with Crippen LogP contribution in [0, 0.1) is 0 Å². The lowest BCUT2D eigenvalue weighted by Gasteiger charge is -2.00. The van der Waals surface area contributed by atoms with Crippen molar-refractivity contribution < 1.29 is 19.5 Å². The Hall–Kier alpha value is -3.25. The molecule has 0 bridgehead atoms. The summed E-state index contributed by atoms with van der Waals surface area (Å²) in [4.78, 5) is 27.2. The number of amides is 1. The molecule has 0 atom stereocenters. The lowest BCUT2D eigenvalue weighted by molar-refractivity contribution is -0.124. The first-order chi connectivity index (χ1) is 12.1. The van der Waals surface area contributed by atoms with Gasteiger partial charge in [0.05, 0.1) is 7.11 Å². The number of aliphatic imine (C=N–C) groups is 1. The molecule has 2 aromatic carbocycles. The van der Waals surface area contributed by atoms with Gasteiger partial charge in [0.25, 0.3) is 5.91 Å². The molecule has 0 unspecified atom stereocenters. The number of nitrogens with one attached hydrogen (secondary N) is 1. The van der Waals surface area contributed by atoms with E-state index in [0.29, 0.717) is 5.56 Å². The van der Waals surface area contributed by atoms with Crippen molar-refractivity contribution in [1.29, 1.82) is 0 Å². The summed E-state index contributed by atoms with van der Waals surface area (Å²) in [5, 5.41) is 8.41. The van der Waals surface area contributed by atoms with Crippen LogP contribution in [0.1, 0.15) is 21.5 Å². The first kappa shape index (κ1) is 18.1. The monoisotopic (exact) mass is 338 g/mol. The van der Waals surface area contributed by atoms with Gasteiger partial charge in [-0.15, -0.1) is 0 Å². The number of hydrogen-bond donors (Lipinski definition) is 2. The van der Waals surface area contributed by atoms with E-state index >= 15 is 0 Å². The van der Waals surface area contributed by atoms with E-state index in [4.69, 9.17) is 9.94 Å². The Kier molecular flexibility index (Phi) is 6.62. The zero-order chi connectivity index (χ0) is 18.1. The molecule has 0 radical (unpaired) electrons. The van der Waals surface area contributed by atoms with E-state index in [2.05, 4.69) is 4.99 Å². The Morgan fingerprint density at radius 2 is 1.72 bits per heavy atom. The molecule has 128 valence electrons. The van der Waals surface area contributed by atoms with Gasteiger partial charge in [-0.05, 0) is 41.5 Å². The van der Waals surface area contributed by atoms with Crippen molar-refractivity contribution in [2.24, 2.45) is 4.99 Å². The van der Waals surface area contributed by atoms with Gasteiger partial charge < -0.3 is 4.74 Å². The van der Waals surface area contributed by atoms with Crippen LogP contribution < -0.4 is 10.2 Å². The predicted molar refractivity (Wildman–Crippen MR) is 95.2 cm³/mol. The van der Waals surface area contributed by atoms with E-state index in [-0.39, 0.29) is 12.3 Å². The summed E-state index contributed by atoms with van der Waals surface area (Å²) < 4.78 is 5.08. The fraction of sp³-hybridized carbons (Fsp3) is 0.105. The minimum absolute atomic E-state index is 0.0497. The zero-order valence-electron chi connectivity index (χ0n) is 13.7. The van der Waals surface area contributed by atoms with E-state index in [9.17, 15) is 9.59 Å². The number of rotatable bonds is 7. The Morgan fingerprint density at radius 3 is 2.32 bits per heavy atom. The zero-order valence-corrected chi connectivity index (χ0v) is 13.7. The molecule has 0 aliphatic carbocycles. The summed E-state index contributed by atoms with van der Waals surface area (Å²) in [5.41, 5.74) is 3.67. The smallest absolute Gasteiger partial charge is 0.267 e. The SMILES string of the molecule is COc1ccc(C=NCC(=O)c2ccc(/C=C/C(=O)NO)cc2)cc1. The molecule has 0 heterocycles. The normalized spacial score (nSPS) is 11.0. The van der Waals surface area contributed by atoms with E-state index in [0.717, 1.165) is 16.9 Å². The van der Waals surface area contributed by atoms with Crippen LogP contribution >= 0.6 is 0 Å². The summed E-state index contributed by atoms with van der Waals surface area (Å²) in [7, 11) is 1.60. The number of methoxy groups -OCH3 is 1. The van der Waals surface area contributed by atoms with Gasteiger partial charge in [-0.25, -0.2) is 5.48 Å². The molecule has 2 aromatic rings. The van der Waals surface area contributed by atoms with Crippen LogP contribution in [0.4, 0.5) is 0 Å². The van der Waals surface area contributed by atoms with Gasteiger partial charge in [0.2, 0.25) is 0 Å². The molecule has 25 heavy (non-hydrogen) atoms. The standard InChI is InChI=1S/C19H18N2O4/c1-25-17-9-4-15(5-10-17)12-20-13-18(22)16-7-2-14(3-8-16)6-11-19(23)21-24/h2-12,24H,13H2,1H3,(H,21,23)/b11-6+,20-12?. The van der Waals surface area contributed by atoms with Crippen LogP contribution in [-0.2, 0) is 4.79 Å². The Bertz CT molecular complexity index is 778. The fourth-order valence-electron chi connectivity index (χ4n) is 2.00. The van der Waals surface area contributed by atoms with Crippen LogP contribution in [0.15, 0.2) is 59.6 Å². The molecule has 1 amide bonds. The van der Waals surface area contributed by atoms with Crippen LogP contribution in [0.2, 0.25) is 0 Å². The van der Waals surface area contributed by atoms with E-state index in [1.807, 2.05) is 24.3 Å². The third kappa shape index (κ3) is 5.71. The number of carbonyl (C=O) groups excluding carboxylic acids is 2. The van der Waals surface area contributed by atoms with Gasteiger partial charge in [-0.3, -0.25) is 19.8 Å². The number of ketones is 1. The number of hydroxylamine groups is 1. The highest BCUT2D eigenvalue weighted by Crippen LogP contribution is 2.10. The number of benzene rings is 2. The van der Waals surface area contributed by atoms with E-state index in [1.165, 1.54) is 17.6 Å². The molecule has 0 fully saturated rings. The van der Waals surface area contributed by atoms with E-state index < -0.39 is 5.91 Å². The summed E-state index contributed by atoms with van der Waals surface area (Å²) in [6, 6.07) is 14.1. The first-order valence-electron chi connectivity index (χ1n) is 7.51. The predicted octanol–water partition coefficient (Wildman–Crippen LogP) is 2.52. The molecule has 0 aliphatic heterocycles. The molecule has 2 N–H and O–H groups in total. The second-order valence-electron chi connectivity index (χ2n) is 5.10. The minimum Gasteiger partial charge on any atom is -0.497 e. The number of nitrogens with zero attached hydrogens (tertiary/aromatic N) is 1. The van der Waals surface area contributed by atoms with Crippen molar-refractivity contribution >= 4 is 24.0 Å². The third-order valence-electron chi connectivity index (χ3n) is 3.36. The second-order valence-corrected chi connectivity index (χ2v) is 5.10. The van der Waals surface area contributed by atoms with Crippen LogP contribution in [0.5, 0.6) is 5.75 Å². The first-order valence-corrected chi connectivity index (χ1v) is 7.51. The van der Waals surface area contributed by atoms with Crippen LogP contribution in [-0.4, -0.2) is 36.8 Å². The highest BCUT2D eigenvalue weighted by molar-refractivity contribution is 5.99. The van der Waals surface area contributed by atoms with Gasteiger partial charge in [0.15, 0.2) is 5.78 Å². The molecule has 6 nitrogen and oxygen atoms in total. The molecule has 0 saturated carbocycles. The maximum absolute atomic E-state index is 12.1. The minimum atomic E-state index is -0.618. The van der Waals surface area contributed by atoms with Crippen molar-refractivity contribution in [3.8, 4) is 5.75 Å². The highest BCUT2D eigenvalue weighted by Gasteiger charge is 2.04. The lowest BCUT2D eigenvalue weighted by atomic mass is 10.1. The van der Waals surface area contributed by atoms with Crippen molar-refractivity contribution in [3.63, 3.8) is 0 Å². The van der Waals surface area contributed by atoms with Crippen molar-refractivity contribution in [2.75, 3.05) is 13.7 Å². The summed E-state index contributed by atoms with van der Waals surface area (Å²) >= 11 is 0. The van der Waals surface area contributed by atoms with Gasteiger partial charge in [-0.1, -0.05) is 24.3 Å². The topological polar surface area (TPSA) is 88.0 Å². The number of carbonyl (C=O) groups is 2. The summed E-state index contributed by atoms with van der Waals surface area (Å²) in [6.45, 7) is 0.0497. The second kappa shape index (κ2) is 9.14. The average molecular weight is 338 g/mol. The fourth-order valence-corrected chi connectivity index (χ4v) is 2.00. The number of Topliss-reactive ketones (excluding diaryl/α,β-unsaturated/α-hetero) is 1. The molecule has 2 rings (SSSR count). The molecule has 0 aromatic heterocycles. The third-order valence-corrected chi connectivity index (χ3v) is 3.36. The van der Waals surface area contributed by atoms with Gasteiger partial charge in [-0.2, -0.15) is 0 Å². The molecular weight excluding hydrogens is 320 g/mol. The van der Waals surface area contributed by atoms with Gasteiger partial charge in [0, 0.05) is 17.9 Å². The molecule has 0 spiro atoms. The Morgan fingerprint density at radius 1 is 1.08 bits per heavy atom. The largest absolute Gasteiger partial charge is 0.497 e. The van der Waals surface area contributed by atoms with Gasteiger partial charge in [0.1, 0.15) is 12.3 Å². The Labute approximate surface area is 145 Å². The van der Waals surface area contributed by atoms with Crippen molar-refractivity contribution in [1.82, 2.24) is 5.48 Å². The van der Waals surface area contributed by atoms with Crippen molar-refractivity contribution in [2.45, 2.75) is 0 Å². The number of hydrogen-bond acceptors (Lipinski definition) is 5. The van der Waals surface area contributed by atoms with Crippen molar-refractivity contribution in [3.05, 3.63) is 71.3 Å². The molecule has 0 saturated heterocycles.